The molecule has 2 aliphatic rings. The molecular formula is C12H20ClF3N2O. The summed E-state index contributed by atoms with van der Waals surface area (Å²) in [7, 11) is 0. The van der Waals surface area contributed by atoms with Crippen LogP contribution in [0.2, 0.25) is 0 Å². The van der Waals surface area contributed by atoms with Crippen LogP contribution in [0.1, 0.15) is 38.5 Å². The lowest BCUT2D eigenvalue weighted by Crippen LogP contribution is -2.47. The zero-order valence-electron chi connectivity index (χ0n) is 10.6. The first-order chi connectivity index (χ1) is 8.47. The van der Waals surface area contributed by atoms with E-state index >= 15 is 0 Å². The summed E-state index contributed by atoms with van der Waals surface area (Å²) in [5.74, 6) is -1.24. The molecule has 2 N–H and O–H groups in total. The summed E-state index contributed by atoms with van der Waals surface area (Å²) in [6.07, 6.45) is -1.14. The van der Waals surface area contributed by atoms with Crippen molar-refractivity contribution in [2.24, 2.45) is 5.92 Å². The van der Waals surface area contributed by atoms with E-state index in [1.807, 2.05) is 0 Å². The van der Waals surface area contributed by atoms with E-state index in [-0.39, 0.29) is 43.2 Å². The Bertz CT molecular complexity index is 298. The van der Waals surface area contributed by atoms with Crippen molar-refractivity contribution in [3.05, 3.63) is 0 Å². The number of hydrogen-bond donors (Lipinski definition) is 2. The van der Waals surface area contributed by atoms with E-state index in [0.29, 0.717) is 12.8 Å². The molecule has 0 bridgehead atoms. The monoisotopic (exact) mass is 300 g/mol. The summed E-state index contributed by atoms with van der Waals surface area (Å²) in [6.45, 7) is 0.846. The van der Waals surface area contributed by atoms with Gasteiger partial charge in [-0.2, -0.15) is 13.2 Å². The van der Waals surface area contributed by atoms with E-state index in [1.165, 1.54) is 0 Å². The molecule has 2 rings (SSSR count). The average molecular weight is 301 g/mol. The fourth-order valence-electron chi connectivity index (χ4n) is 2.78. The van der Waals surface area contributed by atoms with E-state index in [1.54, 1.807) is 0 Å². The zero-order chi connectivity index (χ0) is 13.2. The minimum absolute atomic E-state index is 0. The molecule has 0 aromatic heterocycles. The summed E-state index contributed by atoms with van der Waals surface area (Å²) in [6, 6.07) is -0.233. The third-order valence-electron chi connectivity index (χ3n) is 3.91. The Morgan fingerprint density at radius 3 is 2.21 bits per heavy atom. The highest BCUT2D eigenvalue weighted by atomic mass is 35.5. The molecule has 1 saturated heterocycles. The molecule has 1 atom stereocenters. The lowest BCUT2D eigenvalue weighted by molar-refractivity contribution is -0.182. The van der Waals surface area contributed by atoms with Crippen LogP contribution in [0.4, 0.5) is 13.2 Å². The highest BCUT2D eigenvalue weighted by Gasteiger charge is 2.41. The van der Waals surface area contributed by atoms with Crippen LogP contribution in [-0.2, 0) is 4.79 Å². The van der Waals surface area contributed by atoms with Gasteiger partial charge in [0.1, 0.15) is 0 Å². The van der Waals surface area contributed by atoms with E-state index in [4.69, 9.17) is 0 Å². The smallest absolute Gasteiger partial charge is 0.352 e. The summed E-state index contributed by atoms with van der Waals surface area (Å²) >= 11 is 0. The van der Waals surface area contributed by atoms with Crippen LogP contribution < -0.4 is 10.6 Å². The topological polar surface area (TPSA) is 41.1 Å². The van der Waals surface area contributed by atoms with E-state index < -0.39 is 12.1 Å². The van der Waals surface area contributed by atoms with Gasteiger partial charge in [0.2, 0.25) is 5.91 Å². The molecule has 1 aliphatic carbocycles. The summed E-state index contributed by atoms with van der Waals surface area (Å²) < 4.78 is 37.4. The molecule has 1 amide bonds. The van der Waals surface area contributed by atoms with Crippen molar-refractivity contribution < 1.29 is 18.0 Å². The molecule has 112 valence electrons. The molecule has 2 fully saturated rings. The number of carbonyl (C=O) groups excluding carboxylic acids is 1. The van der Waals surface area contributed by atoms with Gasteiger partial charge in [-0.05, 0) is 45.1 Å². The lowest BCUT2D eigenvalue weighted by atomic mass is 9.85. The number of halogens is 4. The number of amides is 1. The Morgan fingerprint density at radius 2 is 1.74 bits per heavy atom. The predicted octanol–water partition coefficient (Wildman–Crippen LogP) is 2.40. The molecular weight excluding hydrogens is 281 g/mol. The first-order valence-corrected chi connectivity index (χ1v) is 6.57. The van der Waals surface area contributed by atoms with Crippen LogP contribution in [0.15, 0.2) is 0 Å². The van der Waals surface area contributed by atoms with Crippen LogP contribution >= 0.6 is 12.4 Å². The largest absolute Gasteiger partial charge is 0.391 e. The van der Waals surface area contributed by atoms with Crippen molar-refractivity contribution in [1.82, 2.24) is 10.6 Å². The molecule has 3 nitrogen and oxygen atoms in total. The summed E-state index contributed by atoms with van der Waals surface area (Å²) in [5, 5.41) is 5.95. The third-order valence-corrected chi connectivity index (χ3v) is 3.91. The molecule has 7 heteroatoms. The van der Waals surface area contributed by atoms with Crippen molar-refractivity contribution in [1.29, 1.82) is 0 Å². The van der Waals surface area contributed by atoms with Gasteiger partial charge in [0, 0.05) is 6.04 Å². The van der Waals surface area contributed by atoms with E-state index in [0.717, 1.165) is 19.4 Å². The van der Waals surface area contributed by atoms with Gasteiger partial charge < -0.3 is 10.6 Å². The maximum atomic E-state index is 12.5. The molecule has 1 unspecified atom stereocenters. The van der Waals surface area contributed by atoms with Gasteiger partial charge in [-0.3, -0.25) is 4.79 Å². The number of carbonyl (C=O) groups is 1. The SMILES string of the molecule is Cl.O=C(NC1CCC(C(F)(F)F)CC1)C1CCCN1. The van der Waals surface area contributed by atoms with Crippen molar-refractivity contribution in [2.75, 3.05) is 6.54 Å². The Hall–Kier alpha value is -0.490. The van der Waals surface area contributed by atoms with Crippen LogP contribution in [0.25, 0.3) is 0 Å². The molecule has 0 spiro atoms. The maximum absolute atomic E-state index is 12.5. The molecule has 19 heavy (non-hydrogen) atoms. The first kappa shape index (κ1) is 16.6. The fraction of sp³-hybridized carbons (Fsp3) is 0.917. The number of rotatable bonds is 2. The van der Waals surface area contributed by atoms with Crippen molar-refractivity contribution in [3.63, 3.8) is 0 Å². The highest BCUT2D eigenvalue weighted by Crippen LogP contribution is 2.37. The Balaban J connectivity index is 0.00000180. The fourth-order valence-corrected chi connectivity index (χ4v) is 2.78. The third kappa shape index (κ3) is 4.53. The molecule has 0 aromatic carbocycles. The number of hydrogen-bond acceptors (Lipinski definition) is 2. The molecule has 0 aromatic rings. The summed E-state index contributed by atoms with van der Waals surface area (Å²) in [4.78, 5) is 11.8. The Labute approximate surface area is 117 Å². The molecule has 1 heterocycles. The second kappa shape index (κ2) is 6.79. The van der Waals surface area contributed by atoms with Crippen molar-refractivity contribution in [2.45, 2.75) is 56.8 Å². The standard InChI is InChI=1S/C12H19F3N2O.ClH/c13-12(14,15)8-3-5-9(6-4-8)17-11(18)10-2-1-7-16-10;/h8-10,16H,1-7H2,(H,17,18);1H. The second-order valence-electron chi connectivity index (χ2n) is 5.25. The van der Waals surface area contributed by atoms with Crippen molar-refractivity contribution in [3.8, 4) is 0 Å². The molecule has 1 aliphatic heterocycles. The number of nitrogens with one attached hydrogen (secondary N) is 2. The van der Waals surface area contributed by atoms with Crippen LogP contribution in [0, 0.1) is 5.92 Å². The average Bonchev–Trinajstić information content (AvgIpc) is 2.82. The van der Waals surface area contributed by atoms with E-state index in [2.05, 4.69) is 10.6 Å². The number of alkyl halides is 3. The quantitative estimate of drug-likeness (QED) is 0.822. The maximum Gasteiger partial charge on any atom is 0.391 e. The minimum atomic E-state index is -4.08. The lowest BCUT2D eigenvalue weighted by Gasteiger charge is -2.30. The van der Waals surface area contributed by atoms with Crippen LogP contribution in [-0.4, -0.2) is 30.7 Å². The predicted molar refractivity (Wildman–Crippen MR) is 68.2 cm³/mol. The normalized spacial score (nSPS) is 31.6. The van der Waals surface area contributed by atoms with Gasteiger partial charge in [0.05, 0.1) is 12.0 Å². The minimum Gasteiger partial charge on any atom is -0.352 e. The first-order valence-electron chi connectivity index (χ1n) is 6.57. The zero-order valence-corrected chi connectivity index (χ0v) is 11.4. The van der Waals surface area contributed by atoms with Gasteiger partial charge in [-0.25, -0.2) is 0 Å². The Kier molecular flexibility index (Phi) is 5.92. The molecule has 1 saturated carbocycles. The van der Waals surface area contributed by atoms with Gasteiger partial charge in [0.15, 0.2) is 0 Å². The Morgan fingerprint density at radius 1 is 1.11 bits per heavy atom. The van der Waals surface area contributed by atoms with E-state index in [9.17, 15) is 18.0 Å². The van der Waals surface area contributed by atoms with Gasteiger partial charge in [-0.15, -0.1) is 12.4 Å². The van der Waals surface area contributed by atoms with Gasteiger partial charge in [-0.1, -0.05) is 0 Å². The second-order valence-corrected chi connectivity index (χ2v) is 5.25. The highest BCUT2D eigenvalue weighted by molar-refractivity contribution is 5.85. The molecule has 0 radical (unpaired) electrons. The van der Waals surface area contributed by atoms with Crippen LogP contribution in [0.3, 0.4) is 0 Å². The van der Waals surface area contributed by atoms with Gasteiger partial charge >= 0.3 is 6.18 Å². The van der Waals surface area contributed by atoms with Crippen LogP contribution in [0.5, 0.6) is 0 Å². The van der Waals surface area contributed by atoms with Crippen molar-refractivity contribution >= 4 is 18.3 Å². The summed E-state index contributed by atoms with van der Waals surface area (Å²) in [5.41, 5.74) is 0. The van der Waals surface area contributed by atoms with Gasteiger partial charge in [0.25, 0.3) is 0 Å².